The number of hydrogen-bond acceptors (Lipinski definition) is 3. The lowest BCUT2D eigenvalue weighted by atomic mass is 9.84. The summed E-state index contributed by atoms with van der Waals surface area (Å²) in [5.74, 6) is -0.442. The number of Topliss-reactive ketones (excluding diaryl/α,β-unsaturated/α-hetero) is 2. The van der Waals surface area contributed by atoms with Crippen molar-refractivity contribution in [3.63, 3.8) is 0 Å². The molecule has 4 nitrogen and oxygen atoms in total. The maximum absolute atomic E-state index is 13.3. The number of fused-ring (bicyclic) bond motifs is 1. The number of carbonyl (C=O) groups excluding carboxylic acids is 2. The van der Waals surface area contributed by atoms with Crippen LogP contribution >= 0.6 is 0 Å². The highest BCUT2D eigenvalue weighted by Crippen LogP contribution is 2.48. The van der Waals surface area contributed by atoms with Gasteiger partial charge < -0.3 is 0 Å². The van der Waals surface area contributed by atoms with E-state index in [4.69, 9.17) is 5.10 Å². The molecule has 6 rings (SSSR count). The van der Waals surface area contributed by atoms with Crippen molar-refractivity contribution in [3.8, 4) is 44.6 Å². The monoisotopic (exact) mass is 506 g/mol. The first-order chi connectivity index (χ1) is 19.1. The molecule has 0 saturated heterocycles. The average molecular weight is 507 g/mol. The second kappa shape index (κ2) is 9.99. The maximum Gasteiger partial charge on any atom is 0.180 e. The Morgan fingerprint density at radius 2 is 0.923 bits per heavy atom. The SMILES string of the molecule is CC(=O)c1nn2c(-c3ccccc3)c(-c3ccccc3)c(-c3ccccc3)c(-c3ccccc3)c2c1C(C)=O. The molecule has 0 amide bonds. The van der Waals surface area contributed by atoms with Gasteiger partial charge in [0.1, 0.15) is 5.69 Å². The Labute approximate surface area is 227 Å². The lowest BCUT2D eigenvalue weighted by Gasteiger charge is -2.23. The highest BCUT2D eigenvalue weighted by Gasteiger charge is 2.30. The molecule has 0 aliphatic heterocycles. The molecule has 0 aliphatic carbocycles. The summed E-state index contributed by atoms with van der Waals surface area (Å²) < 4.78 is 1.82. The summed E-state index contributed by atoms with van der Waals surface area (Å²) in [5.41, 5.74) is 8.71. The molecule has 39 heavy (non-hydrogen) atoms. The molecule has 0 N–H and O–H groups in total. The standard InChI is InChI=1S/C35H26N2O2/c1-23(38)29-33(24(2)39)36-37-34(28-21-13-6-14-22-28)31(26-17-9-4-10-18-26)30(25-15-7-3-8-16-25)32(35(29)37)27-19-11-5-12-20-27/h3-22H,1-2H3. The van der Waals surface area contributed by atoms with E-state index in [-0.39, 0.29) is 17.3 Å². The van der Waals surface area contributed by atoms with Crippen LogP contribution in [0.3, 0.4) is 0 Å². The van der Waals surface area contributed by atoms with E-state index in [0.717, 1.165) is 44.6 Å². The molecule has 0 bridgehead atoms. The zero-order valence-electron chi connectivity index (χ0n) is 21.8. The molecule has 0 fully saturated rings. The Kier molecular flexibility index (Phi) is 6.22. The quantitative estimate of drug-likeness (QED) is 0.213. The summed E-state index contributed by atoms with van der Waals surface area (Å²) in [6.45, 7) is 2.97. The number of ketones is 2. The summed E-state index contributed by atoms with van der Waals surface area (Å²) in [7, 11) is 0. The van der Waals surface area contributed by atoms with Gasteiger partial charge in [-0.2, -0.15) is 5.10 Å². The van der Waals surface area contributed by atoms with Gasteiger partial charge in [-0.25, -0.2) is 4.52 Å². The van der Waals surface area contributed by atoms with Gasteiger partial charge in [-0.15, -0.1) is 0 Å². The summed E-state index contributed by atoms with van der Waals surface area (Å²) in [4.78, 5) is 26.2. The van der Waals surface area contributed by atoms with Crippen LogP contribution in [0.25, 0.3) is 50.2 Å². The van der Waals surface area contributed by atoms with Crippen LogP contribution in [0.5, 0.6) is 0 Å². The van der Waals surface area contributed by atoms with E-state index in [2.05, 4.69) is 24.3 Å². The van der Waals surface area contributed by atoms with Gasteiger partial charge in [0.15, 0.2) is 11.6 Å². The molecular weight excluding hydrogens is 480 g/mol. The van der Waals surface area contributed by atoms with Crippen LogP contribution in [-0.4, -0.2) is 21.2 Å². The number of hydrogen-bond donors (Lipinski definition) is 0. The Hall–Kier alpha value is -5.09. The van der Waals surface area contributed by atoms with E-state index in [1.165, 1.54) is 13.8 Å². The molecule has 0 saturated carbocycles. The number of carbonyl (C=O) groups is 2. The maximum atomic E-state index is 13.3. The molecule has 0 unspecified atom stereocenters. The zero-order valence-corrected chi connectivity index (χ0v) is 21.8. The van der Waals surface area contributed by atoms with Crippen LogP contribution in [0, 0.1) is 0 Å². The Morgan fingerprint density at radius 3 is 1.36 bits per heavy atom. The normalized spacial score (nSPS) is 11.0. The van der Waals surface area contributed by atoms with E-state index in [0.29, 0.717) is 11.1 Å². The minimum atomic E-state index is -0.246. The van der Waals surface area contributed by atoms with Crippen molar-refractivity contribution in [2.24, 2.45) is 0 Å². The van der Waals surface area contributed by atoms with E-state index in [1.54, 1.807) is 0 Å². The first-order valence-electron chi connectivity index (χ1n) is 12.9. The Bertz CT molecular complexity index is 1820. The third-order valence-electron chi connectivity index (χ3n) is 6.99. The molecular formula is C35H26N2O2. The summed E-state index contributed by atoms with van der Waals surface area (Å²) in [6.07, 6.45) is 0. The van der Waals surface area contributed by atoms with Crippen LogP contribution in [0.1, 0.15) is 34.7 Å². The third kappa shape index (κ3) is 4.16. The summed E-state index contributed by atoms with van der Waals surface area (Å²) in [6, 6.07) is 40.5. The van der Waals surface area contributed by atoms with Gasteiger partial charge in [0, 0.05) is 29.2 Å². The second-order valence-corrected chi connectivity index (χ2v) is 9.53. The van der Waals surface area contributed by atoms with E-state index >= 15 is 0 Å². The highest BCUT2D eigenvalue weighted by atomic mass is 16.1. The fraction of sp³-hybridized carbons (Fsp3) is 0.0571. The van der Waals surface area contributed by atoms with Crippen LogP contribution in [-0.2, 0) is 0 Å². The number of pyridine rings is 1. The van der Waals surface area contributed by atoms with E-state index < -0.39 is 0 Å². The largest absolute Gasteiger partial charge is 0.294 e. The van der Waals surface area contributed by atoms with E-state index in [9.17, 15) is 9.59 Å². The first-order valence-corrected chi connectivity index (χ1v) is 12.9. The molecule has 2 heterocycles. The topological polar surface area (TPSA) is 51.4 Å². The van der Waals surface area contributed by atoms with Gasteiger partial charge in [-0.1, -0.05) is 121 Å². The predicted octanol–water partition coefficient (Wildman–Crippen LogP) is 8.41. The van der Waals surface area contributed by atoms with Crippen molar-refractivity contribution in [3.05, 3.63) is 133 Å². The lowest BCUT2D eigenvalue weighted by Crippen LogP contribution is -2.05. The number of aromatic nitrogens is 2. The molecule has 6 aromatic rings. The molecule has 188 valence electrons. The molecule has 0 aliphatic rings. The second-order valence-electron chi connectivity index (χ2n) is 9.53. The van der Waals surface area contributed by atoms with E-state index in [1.807, 2.05) is 102 Å². The average Bonchev–Trinajstić information content (AvgIpc) is 3.39. The summed E-state index contributed by atoms with van der Waals surface area (Å²) in [5, 5.41) is 4.86. The van der Waals surface area contributed by atoms with Gasteiger partial charge in [-0.3, -0.25) is 9.59 Å². The minimum absolute atomic E-state index is 0.182. The van der Waals surface area contributed by atoms with Gasteiger partial charge in [-0.05, 0) is 23.6 Å². The van der Waals surface area contributed by atoms with Crippen LogP contribution in [0.4, 0.5) is 0 Å². The smallest absolute Gasteiger partial charge is 0.180 e. The van der Waals surface area contributed by atoms with Crippen molar-refractivity contribution in [1.29, 1.82) is 0 Å². The zero-order chi connectivity index (χ0) is 26.9. The molecule has 0 spiro atoms. The number of benzene rings is 4. The van der Waals surface area contributed by atoms with Gasteiger partial charge in [0.05, 0.1) is 16.8 Å². The number of rotatable bonds is 6. The van der Waals surface area contributed by atoms with Gasteiger partial charge >= 0.3 is 0 Å². The summed E-state index contributed by atoms with van der Waals surface area (Å²) >= 11 is 0. The molecule has 2 aromatic heterocycles. The molecule has 4 aromatic carbocycles. The lowest BCUT2D eigenvalue weighted by molar-refractivity contribution is 0.0979. The first kappa shape index (κ1) is 24.3. The van der Waals surface area contributed by atoms with Crippen LogP contribution in [0.2, 0.25) is 0 Å². The predicted molar refractivity (Wildman–Crippen MR) is 157 cm³/mol. The van der Waals surface area contributed by atoms with Crippen molar-refractivity contribution in [2.45, 2.75) is 13.8 Å². The molecule has 4 heteroatoms. The van der Waals surface area contributed by atoms with Crippen molar-refractivity contribution < 1.29 is 9.59 Å². The molecule has 0 atom stereocenters. The fourth-order valence-electron chi connectivity index (χ4n) is 5.39. The van der Waals surface area contributed by atoms with Crippen molar-refractivity contribution in [2.75, 3.05) is 0 Å². The highest BCUT2D eigenvalue weighted by molar-refractivity contribution is 6.17. The van der Waals surface area contributed by atoms with Crippen molar-refractivity contribution >= 4 is 17.1 Å². The van der Waals surface area contributed by atoms with Crippen molar-refractivity contribution in [1.82, 2.24) is 9.61 Å². The Balaban J connectivity index is 1.98. The van der Waals surface area contributed by atoms with Crippen LogP contribution in [0.15, 0.2) is 121 Å². The van der Waals surface area contributed by atoms with Gasteiger partial charge in [0.2, 0.25) is 0 Å². The fourth-order valence-corrected chi connectivity index (χ4v) is 5.39. The number of nitrogens with zero attached hydrogens (tertiary/aromatic N) is 2. The van der Waals surface area contributed by atoms with Crippen LogP contribution < -0.4 is 0 Å². The minimum Gasteiger partial charge on any atom is -0.294 e. The molecule has 0 radical (unpaired) electrons. The Morgan fingerprint density at radius 1 is 0.513 bits per heavy atom. The third-order valence-corrected chi connectivity index (χ3v) is 6.99. The van der Waals surface area contributed by atoms with Gasteiger partial charge in [0.25, 0.3) is 0 Å².